The Hall–Kier alpha value is -3.04. The molecule has 3 aromatic rings. The number of halogens is 4. The summed E-state index contributed by atoms with van der Waals surface area (Å²) in [5.41, 5.74) is 5.95. The summed E-state index contributed by atoms with van der Waals surface area (Å²) in [4.78, 5) is 18.8. The van der Waals surface area contributed by atoms with Crippen LogP contribution in [0.3, 0.4) is 0 Å². The van der Waals surface area contributed by atoms with Gasteiger partial charge in [0.1, 0.15) is 23.2 Å². The third-order valence-electron chi connectivity index (χ3n) is 5.59. The maximum absolute atomic E-state index is 14.0. The third-order valence-corrected chi connectivity index (χ3v) is 5.88. The molecule has 0 saturated heterocycles. The largest absolute Gasteiger partial charge is 0.340 e. The fourth-order valence-corrected chi connectivity index (χ4v) is 4.15. The van der Waals surface area contributed by atoms with Crippen LogP contribution in [0.15, 0.2) is 36.4 Å². The Morgan fingerprint density at radius 2 is 1.84 bits per heavy atom. The Morgan fingerprint density at radius 3 is 2.50 bits per heavy atom. The van der Waals surface area contributed by atoms with E-state index < -0.39 is 23.0 Å². The van der Waals surface area contributed by atoms with Crippen LogP contribution < -0.4 is 11.1 Å². The number of fused-ring (bicyclic) bond motifs is 1. The van der Waals surface area contributed by atoms with Crippen LogP contribution in [0.25, 0.3) is 11.3 Å². The first-order chi connectivity index (χ1) is 15.1. The first-order valence-electron chi connectivity index (χ1n) is 9.92. The van der Waals surface area contributed by atoms with Gasteiger partial charge in [-0.25, -0.2) is 18.2 Å². The van der Waals surface area contributed by atoms with Crippen molar-refractivity contribution in [2.45, 2.75) is 25.9 Å². The number of carbonyl (C=O) groups is 1. The van der Waals surface area contributed by atoms with E-state index in [1.165, 1.54) is 24.3 Å². The lowest BCUT2D eigenvalue weighted by molar-refractivity contribution is -0.137. The van der Waals surface area contributed by atoms with E-state index in [-0.39, 0.29) is 17.5 Å². The maximum atomic E-state index is 14.0. The Balaban J connectivity index is 1.89. The van der Waals surface area contributed by atoms with Crippen LogP contribution in [0.1, 0.15) is 19.7 Å². The van der Waals surface area contributed by atoms with Gasteiger partial charge in [-0.15, -0.1) is 0 Å². The van der Waals surface area contributed by atoms with E-state index in [9.17, 15) is 18.0 Å². The molecule has 0 spiro atoms. The minimum Gasteiger partial charge on any atom is -0.340 e. The number of benzene rings is 2. The first kappa shape index (κ1) is 22.2. The summed E-state index contributed by atoms with van der Waals surface area (Å²) >= 11 is 5.92. The van der Waals surface area contributed by atoms with Gasteiger partial charge in [0.05, 0.1) is 17.1 Å². The van der Waals surface area contributed by atoms with Gasteiger partial charge in [-0.1, -0.05) is 11.6 Å². The molecule has 2 aromatic carbocycles. The Bertz CT molecular complexity index is 1210. The number of rotatable bonds is 4. The van der Waals surface area contributed by atoms with Gasteiger partial charge in [-0.05, 0) is 50.2 Å². The van der Waals surface area contributed by atoms with Crippen LogP contribution in [-0.4, -0.2) is 33.4 Å². The van der Waals surface area contributed by atoms with E-state index in [4.69, 9.17) is 22.3 Å². The van der Waals surface area contributed by atoms with E-state index in [0.29, 0.717) is 41.7 Å². The van der Waals surface area contributed by atoms with Gasteiger partial charge in [-0.3, -0.25) is 4.79 Å². The third kappa shape index (κ3) is 3.71. The smallest absolute Gasteiger partial charge is 0.237 e. The monoisotopic (exact) mass is 463 g/mol. The molecule has 0 unspecified atom stereocenters. The molecule has 1 amide bonds. The maximum Gasteiger partial charge on any atom is 0.237 e. The molecule has 0 aliphatic carbocycles. The predicted octanol–water partition coefficient (Wildman–Crippen LogP) is 4.40. The zero-order valence-corrected chi connectivity index (χ0v) is 18.2. The molecule has 4 rings (SSSR count). The van der Waals surface area contributed by atoms with Crippen molar-refractivity contribution in [3.63, 3.8) is 0 Å². The Kier molecular flexibility index (Phi) is 5.64. The minimum absolute atomic E-state index is 0.0668. The number of amides is 1. The van der Waals surface area contributed by atoms with Crippen LogP contribution >= 0.6 is 11.6 Å². The summed E-state index contributed by atoms with van der Waals surface area (Å²) in [5.74, 6) is -1.74. The summed E-state index contributed by atoms with van der Waals surface area (Å²) in [6, 6.07) is 7.66. The number of nitrogens with two attached hydrogens (primary N) is 1. The second kappa shape index (κ2) is 8.14. The van der Waals surface area contributed by atoms with Crippen molar-refractivity contribution in [2.75, 3.05) is 18.4 Å². The molecular formula is C22H21ClF3N5O. The lowest BCUT2D eigenvalue weighted by Crippen LogP contribution is -2.53. The number of nitrogens with zero attached hydrogens (tertiary/aromatic N) is 3. The van der Waals surface area contributed by atoms with Crippen molar-refractivity contribution in [3.05, 3.63) is 64.7 Å². The van der Waals surface area contributed by atoms with Gasteiger partial charge in [0.25, 0.3) is 0 Å². The molecule has 6 nitrogen and oxygen atoms in total. The Morgan fingerprint density at radius 1 is 1.12 bits per heavy atom. The van der Waals surface area contributed by atoms with E-state index >= 15 is 0 Å². The van der Waals surface area contributed by atoms with Crippen LogP contribution in [0.4, 0.5) is 24.7 Å². The molecule has 0 fully saturated rings. The topological polar surface area (TPSA) is 76.2 Å². The second-order valence-corrected chi connectivity index (χ2v) is 8.38. The van der Waals surface area contributed by atoms with Crippen LogP contribution in [0.5, 0.6) is 0 Å². The summed E-state index contributed by atoms with van der Waals surface area (Å²) in [5, 5.41) is 3.12. The zero-order chi connectivity index (χ0) is 23.2. The molecule has 10 heteroatoms. The minimum atomic E-state index is -1.01. The zero-order valence-electron chi connectivity index (χ0n) is 17.4. The van der Waals surface area contributed by atoms with Crippen LogP contribution in [0, 0.1) is 17.5 Å². The molecule has 1 aliphatic rings. The fourth-order valence-electron chi connectivity index (χ4n) is 3.97. The van der Waals surface area contributed by atoms with Gasteiger partial charge in [0, 0.05) is 24.3 Å². The second-order valence-electron chi connectivity index (χ2n) is 7.98. The van der Waals surface area contributed by atoms with Crippen molar-refractivity contribution >= 4 is 29.0 Å². The Labute approximate surface area is 187 Å². The highest BCUT2D eigenvalue weighted by molar-refractivity contribution is 6.31. The van der Waals surface area contributed by atoms with Gasteiger partial charge in [0.2, 0.25) is 5.91 Å². The highest BCUT2D eigenvalue weighted by Crippen LogP contribution is 2.40. The number of hydrogen-bond acceptors (Lipinski definition) is 4. The normalized spacial score (nSPS) is 14.9. The van der Waals surface area contributed by atoms with E-state index in [0.717, 1.165) is 12.1 Å². The predicted molar refractivity (Wildman–Crippen MR) is 116 cm³/mol. The van der Waals surface area contributed by atoms with Crippen molar-refractivity contribution in [1.29, 1.82) is 0 Å². The average Bonchev–Trinajstić information content (AvgIpc) is 3.12. The summed E-state index contributed by atoms with van der Waals surface area (Å²) in [6.07, 6.45) is 0. The van der Waals surface area contributed by atoms with Gasteiger partial charge < -0.3 is 20.5 Å². The number of aromatic nitrogens is 2. The molecule has 1 aliphatic heterocycles. The fraction of sp³-hybridized carbons (Fsp3) is 0.273. The number of anilines is 2. The first-order valence-corrected chi connectivity index (χ1v) is 10.3. The lowest BCUT2D eigenvalue weighted by Gasteiger charge is -2.42. The molecule has 168 valence electrons. The van der Waals surface area contributed by atoms with E-state index in [1.54, 1.807) is 4.90 Å². The number of nitrogens with one attached hydrogen (secondary N) is 1. The molecule has 0 bridgehead atoms. The SMILES string of the molecule is CC1(C)c2nc(-c3ccc(F)c(F)c3)c(Nc3ccc(F)c(Cl)c3)n2CCN1C(=O)CN. The van der Waals surface area contributed by atoms with Crippen molar-refractivity contribution in [1.82, 2.24) is 14.5 Å². The number of carbonyl (C=O) groups excluding carboxylic acids is 1. The van der Waals surface area contributed by atoms with Crippen molar-refractivity contribution in [3.8, 4) is 11.3 Å². The number of hydrogen-bond donors (Lipinski definition) is 2. The van der Waals surface area contributed by atoms with Gasteiger partial charge >= 0.3 is 0 Å². The van der Waals surface area contributed by atoms with E-state index in [2.05, 4.69) is 5.32 Å². The molecular weight excluding hydrogens is 443 g/mol. The van der Waals surface area contributed by atoms with Gasteiger partial charge in [-0.2, -0.15) is 0 Å². The molecule has 2 heterocycles. The summed E-state index contributed by atoms with van der Waals surface area (Å²) in [6.45, 7) is 4.30. The molecule has 1 aromatic heterocycles. The van der Waals surface area contributed by atoms with Crippen LogP contribution in [0.2, 0.25) is 5.02 Å². The lowest BCUT2D eigenvalue weighted by atomic mass is 9.99. The molecule has 0 saturated carbocycles. The molecule has 0 radical (unpaired) electrons. The highest BCUT2D eigenvalue weighted by atomic mass is 35.5. The molecule has 0 atom stereocenters. The van der Waals surface area contributed by atoms with E-state index in [1.807, 2.05) is 18.4 Å². The van der Waals surface area contributed by atoms with Crippen LogP contribution in [-0.2, 0) is 16.9 Å². The number of imidazole rings is 1. The molecule has 32 heavy (non-hydrogen) atoms. The molecule has 3 N–H and O–H groups in total. The summed E-state index contributed by atoms with van der Waals surface area (Å²) in [7, 11) is 0. The standard InChI is InChI=1S/C22H21ClF3N5O/c1-22(2)21-29-19(12-3-5-16(25)17(26)9-12)20(28-13-4-6-15(24)14(23)10-13)30(21)7-8-31(22)18(32)11-27/h3-6,9-10,28H,7-8,11,27H2,1-2H3. The quantitative estimate of drug-likeness (QED) is 0.601. The highest BCUT2D eigenvalue weighted by Gasteiger charge is 2.41. The van der Waals surface area contributed by atoms with Crippen molar-refractivity contribution in [2.24, 2.45) is 5.73 Å². The average molecular weight is 464 g/mol. The summed E-state index contributed by atoms with van der Waals surface area (Å²) < 4.78 is 43.1. The van der Waals surface area contributed by atoms with Gasteiger partial charge in [0.15, 0.2) is 11.6 Å². The van der Waals surface area contributed by atoms with Crippen molar-refractivity contribution < 1.29 is 18.0 Å².